The molecular weight excluding hydrogens is 309 g/mol. The lowest BCUT2D eigenvalue weighted by atomic mass is 10.2. The molecule has 0 spiro atoms. The SMILES string of the molecule is O=C(NCc1ccc(F)cc1)c1ccc(Oc2ncccn2)cc1. The van der Waals surface area contributed by atoms with Gasteiger partial charge in [-0.1, -0.05) is 12.1 Å². The van der Waals surface area contributed by atoms with Crippen LogP contribution >= 0.6 is 0 Å². The summed E-state index contributed by atoms with van der Waals surface area (Å²) in [6.07, 6.45) is 3.17. The molecule has 0 fully saturated rings. The maximum Gasteiger partial charge on any atom is 0.321 e. The Morgan fingerprint density at radius 3 is 2.33 bits per heavy atom. The van der Waals surface area contributed by atoms with E-state index in [1.807, 2.05) is 0 Å². The first-order valence-electron chi connectivity index (χ1n) is 7.28. The second-order valence-electron chi connectivity index (χ2n) is 4.97. The van der Waals surface area contributed by atoms with Gasteiger partial charge in [-0.3, -0.25) is 4.79 Å². The molecule has 120 valence electrons. The van der Waals surface area contributed by atoms with Crippen molar-refractivity contribution in [2.75, 3.05) is 0 Å². The third kappa shape index (κ3) is 4.13. The highest BCUT2D eigenvalue weighted by molar-refractivity contribution is 5.94. The van der Waals surface area contributed by atoms with Crippen LogP contribution in [0, 0.1) is 5.82 Å². The molecule has 0 atom stereocenters. The van der Waals surface area contributed by atoms with Crippen LogP contribution in [0.3, 0.4) is 0 Å². The molecule has 3 rings (SSSR count). The topological polar surface area (TPSA) is 64.1 Å². The highest BCUT2D eigenvalue weighted by Gasteiger charge is 2.06. The molecule has 0 saturated carbocycles. The van der Waals surface area contributed by atoms with Gasteiger partial charge in [-0.15, -0.1) is 0 Å². The van der Waals surface area contributed by atoms with Gasteiger partial charge in [0.1, 0.15) is 11.6 Å². The number of nitrogens with zero attached hydrogens (tertiary/aromatic N) is 2. The zero-order chi connectivity index (χ0) is 16.8. The first-order valence-corrected chi connectivity index (χ1v) is 7.28. The van der Waals surface area contributed by atoms with Crippen molar-refractivity contribution in [3.63, 3.8) is 0 Å². The fourth-order valence-electron chi connectivity index (χ4n) is 2.00. The second kappa shape index (κ2) is 7.32. The van der Waals surface area contributed by atoms with Gasteiger partial charge in [0, 0.05) is 24.5 Å². The van der Waals surface area contributed by atoms with Crippen molar-refractivity contribution in [3.05, 3.63) is 83.9 Å². The Hall–Kier alpha value is -3.28. The molecule has 0 aliphatic carbocycles. The fraction of sp³-hybridized carbons (Fsp3) is 0.0556. The molecule has 2 aromatic carbocycles. The van der Waals surface area contributed by atoms with Gasteiger partial charge in [0.2, 0.25) is 0 Å². The summed E-state index contributed by atoms with van der Waals surface area (Å²) in [4.78, 5) is 20.0. The van der Waals surface area contributed by atoms with Gasteiger partial charge in [-0.25, -0.2) is 14.4 Å². The minimum absolute atomic E-state index is 0.221. The second-order valence-corrected chi connectivity index (χ2v) is 4.97. The molecule has 0 aliphatic heterocycles. The van der Waals surface area contributed by atoms with Crippen molar-refractivity contribution in [2.45, 2.75) is 6.54 Å². The van der Waals surface area contributed by atoms with Crippen molar-refractivity contribution in [3.8, 4) is 11.8 Å². The molecule has 1 N–H and O–H groups in total. The summed E-state index contributed by atoms with van der Waals surface area (Å²) in [6.45, 7) is 0.329. The van der Waals surface area contributed by atoms with E-state index < -0.39 is 0 Å². The number of halogens is 1. The van der Waals surface area contributed by atoms with Crippen LogP contribution in [-0.4, -0.2) is 15.9 Å². The van der Waals surface area contributed by atoms with Gasteiger partial charge in [-0.05, 0) is 48.0 Å². The summed E-state index contributed by atoms with van der Waals surface area (Å²) >= 11 is 0. The summed E-state index contributed by atoms with van der Waals surface area (Å²) in [7, 11) is 0. The molecule has 1 amide bonds. The van der Waals surface area contributed by atoms with Crippen LogP contribution in [0.1, 0.15) is 15.9 Å². The van der Waals surface area contributed by atoms with Crippen LogP contribution in [0.25, 0.3) is 0 Å². The molecule has 5 nitrogen and oxygen atoms in total. The number of rotatable bonds is 5. The van der Waals surface area contributed by atoms with Crippen molar-refractivity contribution >= 4 is 5.91 Å². The summed E-state index contributed by atoms with van der Waals surface area (Å²) in [5.74, 6) is 0.0150. The van der Waals surface area contributed by atoms with Crippen LogP contribution in [0.2, 0.25) is 0 Å². The predicted molar refractivity (Wildman–Crippen MR) is 86.1 cm³/mol. The smallest absolute Gasteiger partial charge is 0.321 e. The Labute approximate surface area is 138 Å². The lowest BCUT2D eigenvalue weighted by Crippen LogP contribution is -2.22. The van der Waals surface area contributed by atoms with Crippen molar-refractivity contribution in [2.24, 2.45) is 0 Å². The van der Waals surface area contributed by atoms with Crippen LogP contribution in [-0.2, 0) is 6.54 Å². The highest BCUT2D eigenvalue weighted by atomic mass is 19.1. The normalized spacial score (nSPS) is 10.2. The molecule has 1 heterocycles. The van der Waals surface area contributed by atoms with E-state index in [1.54, 1.807) is 54.9 Å². The molecule has 0 bridgehead atoms. The molecule has 6 heteroatoms. The molecule has 24 heavy (non-hydrogen) atoms. The van der Waals surface area contributed by atoms with Crippen molar-refractivity contribution in [1.82, 2.24) is 15.3 Å². The van der Waals surface area contributed by atoms with Crippen LogP contribution in [0.5, 0.6) is 11.8 Å². The standard InChI is InChI=1S/C18H14FN3O2/c19-15-6-2-13(3-7-15)12-22-17(23)14-4-8-16(9-5-14)24-18-20-10-1-11-21-18/h1-11H,12H2,(H,22,23). The zero-order valence-electron chi connectivity index (χ0n) is 12.6. The van der Waals surface area contributed by atoms with Gasteiger partial charge in [0.05, 0.1) is 0 Å². The van der Waals surface area contributed by atoms with Gasteiger partial charge in [-0.2, -0.15) is 0 Å². The third-order valence-electron chi connectivity index (χ3n) is 3.23. The molecule has 0 radical (unpaired) electrons. The number of carbonyl (C=O) groups excluding carboxylic acids is 1. The summed E-state index contributed by atoms with van der Waals surface area (Å²) in [5, 5.41) is 2.78. The third-order valence-corrected chi connectivity index (χ3v) is 3.23. The van der Waals surface area contributed by atoms with E-state index in [2.05, 4.69) is 15.3 Å². The van der Waals surface area contributed by atoms with E-state index in [0.717, 1.165) is 5.56 Å². The number of ether oxygens (including phenoxy) is 1. The number of nitrogens with one attached hydrogen (secondary N) is 1. The summed E-state index contributed by atoms with van der Waals surface area (Å²) in [5.41, 5.74) is 1.32. The molecule has 0 aliphatic rings. The van der Waals surface area contributed by atoms with Crippen molar-refractivity contribution in [1.29, 1.82) is 0 Å². The first-order chi connectivity index (χ1) is 11.7. The van der Waals surface area contributed by atoms with Gasteiger partial charge >= 0.3 is 6.01 Å². The number of hydrogen-bond donors (Lipinski definition) is 1. The van der Waals surface area contributed by atoms with Crippen LogP contribution in [0.15, 0.2) is 67.0 Å². The van der Waals surface area contributed by atoms with E-state index in [9.17, 15) is 9.18 Å². The Kier molecular flexibility index (Phi) is 4.76. The zero-order valence-corrected chi connectivity index (χ0v) is 12.6. The average Bonchev–Trinajstić information content (AvgIpc) is 2.62. The van der Waals surface area contributed by atoms with Gasteiger partial charge in [0.15, 0.2) is 0 Å². The maximum absolute atomic E-state index is 12.8. The predicted octanol–water partition coefficient (Wildman–Crippen LogP) is 3.34. The monoisotopic (exact) mass is 323 g/mol. The van der Waals surface area contributed by atoms with Crippen LogP contribution < -0.4 is 10.1 Å². The number of amides is 1. The van der Waals surface area contributed by atoms with E-state index >= 15 is 0 Å². The Morgan fingerprint density at radius 2 is 1.67 bits per heavy atom. The summed E-state index contributed by atoms with van der Waals surface area (Å²) in [6, 6.07) is 14.6. The quantitative estimate of drug-likeness (QED) is 0.782. The lowest BCUT2D eigenvalue weighted by Gasteiger charge is -2.07. The van der Waals surface area contributed by atoms with E-state index in [1.165, 1.54) is 12.1 Å². The number of hydrogen-bond acceptors (Lipinski definition) is 4. The first kappa shape index (κ1) is 15.6. The molecule has 3 aromatic rings. The minimum Gasteiger partial charge on any atom is -0.424 e. The van der Waals surface area contributed by atoms with E-state index in [4.69, 9.17) is 4.74 Å². The largest absolute Gasteiger partial charge is 0.424 e. The van der Waals surface area contributed by atoms with Gasteiger partial charge < -0.3 is 10.1 Å². The highest BCUT2D eigenvalue weighted by Crippen LogP contribution is 2.17. The van der Waals surface area contributed by atoms with E-state index in [-0.39, 0.29) is 17.7 Å². The molecule has 1 aromatic heterocycles. The maximum atomic E-state index is 12.8. The summed E-state index contributed by atoms with van der Waals surface area (Å²) < 4.78 is 18.3. The minimum atomic E-state index is -0.303. The number of benzene rings is 2. The Morgan fingerprint density at radius 1 is 1.00 bits per heavy atom. The number of carbonyl (C=O) groups is 1. The van der Waals surface area contributed by atoms with Gasteiger partial charge in [0.25, 0.3) is 5.91 Å². The molecule has 0 saturated heterocycles. The molecular formula is C18H14FN3O2. The Balaban J connectivity index is 1.58. The Bertz CT molecular complexity index is 806. The fourth-order valence-corrected chi connectivity index (χ4v) is 2.00. The number of aromatic nitrogens is 2. The van der Waals surface area contributed by atoms with E-state index in [0.29, 0.717) is 17.9 Å². The van der Waals surface area contributed by atoms with Crippen LogP contribution in [0.4, 0.5) is 4.39 Å². The van der Waals surface area contributed by atoms with Crippen molar-refractivity contribution < 1.29 is 13.9 Å². The lowest BCUT2D eigenvalue weighted by molar-refractivity contribution is 0.0951. The average molecular weight is 323 g/mol. The molecule has 0 unspecified atom stereocenters.